The molecule has 1 heterocycles. The normalized spacial score (nSPS) is 11.1. The highest BCUT2D eigenvalue weighted by atomic mass is 16.1. The zero-order chi connectivity index (χ0) is 20.6. The average Bonchev–Trinajstić information content (AvgIpc) is 3.12. The number of aromatic nitrogens is 2. The average molecular weight is 400 g/mol. The molecule has 0 atom stereocenters. The van der Waals surface area contributed by atoms with Crippen LogP contribution in [0.1, 0.15) is 96.8 Å². The van der Waals surface area contributed by atoms with E-state index in [9.17, 15) is 4.79 Å². The van der Waals surface area contributed by atoms with Crippen LogP contribution in [0.4, 0.5) is 5.82 Å². The first-order valence-electron chi connectivity index (χ1n) is 11.9. The van der Waals surface area contributed by atoms with E-state index in [2.05, 4.69) is 17.3 Å². The minimum atomic E-state index is -0.0281. The van der Waals surface area contributed by atoms with E-state index in [-0.39, 0.29) is 5.56 Å². The van der Waals surface area contributed by atoms with E-state index >= 15 is 0 Å². The lowest BCUT2D eigenvalue weighted by atomic mass is 10.0. The van der Waals surface area contributed by atoms with Gasteiger partial charge in [0.2, 0.25) is 0 Å². The van der Waals surface area contributed by atoms with E-state index in [1.807, 2.05) is 30.3 Å². The summed E-state index contributed by atoms with van der Waals surface area (Å²) in [5.41, 5.74) is 0.835. The number of nitrogens with zero attached hydrogens (tertiary/aromatic N) is 1. The van der Waals surface area contributed by atoms with E-state index < -0.39 is 0 Å². The highest BCUT2D eigenvalue weighted by Crippen LogP contribution is 2.13. The highest BCUT2D eigenvalue weighted by Gasteiger charge is 2.04. The number of benzene rings is 1. The van der Waals surface area contributed by atoms with Crippen molar-refractivity contribution in [1.29, 1.82) is 0 Å². The van der Waals surface area contributed by atoms with Crippen LogP contribution < -0.4 is 10.9 Å². The maximum absolute atomic E-state index is 12.1. The van der Waals surface area contributed by atoms with Gasteiger partial charge < -0.3 is 5.32 Å². The third-order valence-corrected chi connectivity index (χ3v) is 5.58. The number of nitrogens with one attached hydrogen (secondary N) is 2. The molecule has 162 valence electrons. The van der Waals surface area contributed by atoms with Crippen LogP contribution in [0.25, 0.3) is 5.69 Å². The zero-order valence-electron chi connectivity index (χ0n) is 18.4. The van der Waals surface area contributed by atoms with Crippen molar-refractivity contribution in [2.75, 3.05) is 11.9 Å². The number of rotatable bonds is 17. The summed E-state index contributed by atoms with van der Waals surface area (Å²) >= 11 is 0. The van der Waals surface area contributed by atoms with Gasteiger partial charge in [0.05, 0.1) is 5.69 Å². The van der Waals surface area contributed by atoms with Gasteiger partial charge in [-0.05, 0) is 18.6 Å². The number of hydrogen-bond donors (Lipinski definition) is 2. The molecule has 1 aromatic carbocycles. The second-order valence-electron chi connectivity index (χ2n) is 8.20. The molecule has 29 heavy (non-hydrogen) atoms. The predicted octanol–water partition coefficient (Wildman–Crippen LogP) is 7.06. The summed E-state index contributed by atoms with van der Waals surface area (Å²) in [6, 6.07) is 11.3. The Morgan fingerprint density at radius 2 is 1.28 bits per heavy atom. The van der Waals surface area contributed by atoms with Crippen LogP contribution in [-0.4, -0.2) is 16.3 Å². The molecule has 0 amide bonds. The first-order chi connectivity index (χ1) is 14.3. The summed E-state index contributed by atoms with van der Waals surface area (Å²) in [5.74, 6) is 0.800. The van der Waals surface area contributed by atoms with Crippen LogP contribution in [0.2, 0.25) is 0 Å². The van der Waals surface area contributed by atoms with Crippen molar-refractivity contribution >= 4 is 5.82 Å². The molecule has 1 aromatic heterocycles. The first-order valence-corrected chi connectivity index (χ1v) is 11.9. The minimum Gasteiger partial charge on any atom is -0.370 e. The van der Waals surface area contributed by atoms with Crippen LogP contribution in [0.15, 0.2) is 41.2 Å². The van der Waals surface area contributed by atoms with Crippen molar-refractivity contribution in [3.05, 3.63) is 46.8 Å². The second-order valence-corrected chi connectivity index (χ2v) is 8.20. The molecule has 4 nitrogen and oxygen atoms in total. The van der Waals surface area contributed by atoms with Gasteiger partial charge in [0.1, 0.15) is 5.82 Å². The van der Waals surface area contributed by atoms with Crippen LogP contribution >= 0.6 is 0 Å². The molecule has 0 aliphatic heterocycles. The van der Waals surface area contributed by atoms with Crippen LogP contribution in [0.5, 0.6) is 0 Å². The van der Waals surface area contributed by atoms with Gasteiger partial charge in [-0.25, -0.2) is 4.68 Å². The number of unbranched alkanes of at least 4 members (excludes halogenated alkanes) is 13. The van der Waals surface area contributed by atoms with Crippen molar-refractivity contribution in [1.82, 2.24) is 9.78 Å². The van der Waals surface area contributed by atoms with Crippen LogP contribution in [-0.2, 0) is 0 Å². The third kappa shape index (κ3) is 9.87. The molecule has 0 spiro atoms. The Balaban J connectivity index is 1.43. The van der Waals surface area contributed by atoms with Crippen molar-refractivity contribution in [2.24, 2.45) is 0 Å². The molecule has 4 heteroatoms. The largest absolute Gasteiger partial charge is 0.370 e. The molecule has 0 aliphatic rings. The summed E-state index contributed by atoms with van der Waals surface area (Å²) in [5, 5.41) is 6.48. The molecule has 0 aliphatic carbocycles. The Bertz CT molecular complexity index is 690. The number of para-hydroxylation sites is 1. The van der Waals surface area contributed by atoms with Crippen LogP contribution in [0.3, 0.4) is 0 Å². The lowest BCUT2D eigenvalue weighted by Gasteiger charge is -2.05. The Kier molecular flexibility index (Phi) is 12.0. The standard InChI is InChI=1S/C25H41N3O/c1-2-3-4-5-6-7-8-9-10-11-12-13-14-18-21-26-24-22-25(29)28(27-24)23-19-16-15-17-20-23/h15-17,19-20,22,26-27H,2-14,18,21H2,1H3. The Labute approximate surface area is 177 Å². The Morgan fingerprint density at radius 3 is 1.83 bits per heavy atom. The maximum Gasteiger partial charge on any atom is 0.273 e. The molecule has 0 unspecified atom stereocenters. The number of H-pyrrole nitrogens is 1. The molecule has 0 bridgehead atoms. The van der Waals surface area contributed by atoms with Crippen molar-refractivity contribution in [3.63, 3.8) is 0 Å². The highest BCUT2D eigenvalue weighted by molar-refractivity contribution is 5.37. The van der Waals surface area contributed by atoms with E-state index in [0.717, 1.165) is 24.5 Å². The van der Waals surface area contributed by atoms with E-state index in [0.29, 0.717) is 0 Å². The fourth-order valence-electron chi connectivity index (χ4n) is 3.80. The molecule has 2 N–H and O–H groups in total. The zero-order valence-corrected chi connectivity index (χ0v) is 18.4. The van der Waals surface area contributed by atoms with Gasteiger partial charge in [-0.2, -0.15) is 0 Å². The SMILES string of the molecule is CCCCCCCCCCCCCCCCNc1cc(=O)n(-c2ccccc2)[nH]1. The predicted molar refractivity (Wildman–Crippen MR) is 125 cm³/mol. The quantitative estimate of drug-likeness (QED) is 0.280. The molecule has 0 radical (unpaired) electrons. The lowest BCUT2D eigenvalue weighted by molar-refractivity contribution is 0.537. The molecular formula is C25H41N3O. The van der Waals surface area contributed by atoms with Gasteiger partial charge in [-0.15, -0.1) is 0 Å². The summed E-state index contributed by atoms with van der Waals surface area (Å²) < 4.78 is 1.58. The Morgan fingerprint density at radius 1 is 0.759 bits per heavy atom. The molecular weight excluding hydrogens is 358 g/mol. The van der Waals surface area contributed by atoms with Gasteiger partial charge in [-0.1, -0.05) is 109 Å². The van der Waals surface area contributed by atoms with E-state index in [4.69, 9.17) is 0 Å². The van der Waals surface area contributed by atoms with E-state index in [1.54, 1.807) is 10.7 Å². The maximum atomic E-state index is 12.1. The first kappa shape index (κ1) is 23.3. The van der Waals surface area contributed by atoms with Gasteiger partial charge in [-0.3, -0.25) is 9.89 Å². The van der Waals surface area contributed by atoms with Crippen LogP contribution in [0, 0.1) is 0 Å². The summed E-state index contributed by atoms with van der Waals surface area (Å²) in [6.07, 6.45) is 19.2. The third-order valence-electron chi connectivity index (χ3n) is 5.58. The number of anilines is 1. The fourth-order valence-corrected chi connectivity index (χ4v) is 3.80. The monoisotopic (exact) mass is 399 g/mol. The molecule has 2 rings (SSSR count). The summed E-state index contributed by atoms with van der Waals surface area (Å²) in [6.45, 7) is 3.19. The lowest BCUT2D eigenvalue weighted by Crippen LogP contribution is -2.13. The minimum absolute atomic E-state index is 0.0281. The van der Waals surface area contributed by atoms with Gasteiger partial charge in [0.25, 0.3) is 5.56 Å². The number of aromatic amines is 1. The molecule has 0 fully saturated rings. The molecule has 2 aromatic rings. The summed E-state index contributed by atoms with van der Waals surface area (Å²) in [4.78, 5) is 12.1. The van der Waals surface area contributed by atoms with Gasteiger partial charge in [0.15, 0.2) is 0 Å². The number of hydrogen-bond acceptors (Lipinski definition) is 2. The van der Waals surface area contributed by atoms with Gasteiger partial charge >= 0.3 is 0 Å². The van der Waals surface area contributed by atoms with E-state index in [1.165, 1.54) is 83.5 Å². The smallest absolute Gasteiger partial charge is 0.273 e. The fraction of sp³-hybridized carbons (Fsp3) is 0.640. The van der Waals surface area contributed by atoms with Gasteiger partial charge in [0, 0.05) is 12.6 Å². The second kappa shape index (κ2) is 14.9. The van der Waals surface area contributed by atoms with Crippen molar-refractivity contribution < 1.29 is 0 Å². The Hall–Kier alpha value is -1.97. The van der Waals surface area contributed by atoms with Crippen molar-refractivity contribution in [2.45, 2.75) is 96.8 Å². The van der Waals surface area contributed by atoms with Crippen molar-refractivity contribution in [3.8, 4) is 5.69 Å². The topological polar surface area (TPSA) is 49.8 Å². The molecule has 0 saturated heterocycles. The molecule has 0 saturated carbocycles. The summed E-state index contributed by atoms with van der Waals surface area (Å²) in [7, 11) is 0.